The van der Waals surface area contributed by atoms with Crippen molar-refractivity contribution in [2.45, 2.75) is 37.6 Å². The summed E-state index contributed by atoms with van der Waals surface area (Å²) in [5, 5.41) is 2.57. The number of carbonyl (C=O) groups excluding carboxylic acids is 2. The summed E-state index contributed by atoms with van der Waals surface area (Å²) in [5.74, 6) is -0.300. The lowest BCUT2D eigenvalue weighted by atomic mass is 10.3. The minimum atomic E-state index is -0.472. The second-order valence-electron chi connectivity index (χ2n) is 3.22. The molecule has 0 radical (unpaired) electrons. The SMILES string of the molecule is CCCCOC(=O)NC(Br)CCC(=O)OC. The maximum atomic E-state index is 11.2. The molecule has 1 unspecified atom stereocenters. The Hall–Kier alpha value is -0.780. The van der Waals surface area contributed by atoms with Gasteiger partial charge in [-0.3, -0.25) is 4.79 Å². The fourth-order valence-corrected chi connectivity index (χ4v) is 1.31. The highest BCUT2D eigenvalue weighted by molar-refractivity contribution is 9.09. The topological polar surface area (TPSA) is 64.6 Å². The molecular weight excluding hydrogens is 278 g/mol. The smallest absolute Gasteiger partial charge is 0.408 e. The summed E-state index contributed by atoms with van der Waals surface area (Å²) in [4.78, 5) is 21.7. The Morgan fingerprint density at radius 2 is 2.12 bits per heavy atom. The van der Waals surface area contributed by atoms with Gasteiger partial charge in [0.2, 0.25) is 0 Å². The maximum Gasteiger partial charge on any atom is 0.408 e. The van der Waals surface area contributed by atoms with Crippen molar-refractivity contribution in [2.24, 2.45) is 0 Å². The summed E-state index contributed by atoms with van der Waals surface area (Å²) < 4.78 is 9.37. The van der Waals surface area contributed by atoms with Crippen LogP contribution >= 0.6 is 15.9 Å². The number of nitrogens with one attached hydrogen (secondary N) is 1. The summed E-state index contributed by atoms with van der Waals surface area (Å²) >= 11 is 3.23. The largest absolute Gasteiger partial charge is 0.469 e. The molecule has 94 valence electrons. The molecule has 0 saturated heterocycles. The highest BCUT2D eigenvalue weighted by Crippen LogP contribution is 2.05. The van der Waals surface area contributed by atoms with Gasteiger partial charge in [-0.05, 0) is 12.8 Å². The molecule has 0 bridgehead atoms. The molecule has 6 heteroatoms. The number of alkyl carbamates (subject to hydrolysis) is 1. The molecule has 0 saturated carbocycles. The van der Waals surface area contributed by atoms with E-state index in [4.69, 9.17) is 4.74 Å². The lowest BCUT2D eigenvalue weighted by Crippen LogP contribution is -2.31. The molecule has 1 N–H and O–H groups in total. The minimum Gasteiger partial charge on any atom is -0.469 e. The molecule has 0 aliphatic rings. The molecule has 0 aromatic heterocycles. The first-order valence-electron chi connectivity index (χ1n) is 5.24. The normalized spacial score (nSPS) is 11.7. The van der Waals surface area contributed by atoms with E-state index in [1.54, 1.807) is 0 Å². The first-order chi connectivity index (χ1) is 7.60. The quantitative estimate of drug-likeness (QED) is 0.338. The van der Waals surface area contributed by atoms with Crippen LogP contribution in [0.15, 0.2) is 0 Å². The van der Waals surface area contributed by atoms with Crippen LogP contribution in [0.3, 0.4) is 0 Å². The van der Waals surface area contributed by atoms with Gasteiger partial charge in [0.1, 0.15) is 0 Å². The molecule has 0 aliphatic heterocycles. The van der Waals surface area contributed by atoms with Gasteiger partial charge in [-0.2, -0.15) is 0 Å². The van der Waals surface area contributed by atoms with Crippen molar-refractivity contribution < 1.29 is 19.1 Å². The average Bonchev–Trinajstić information content (AvgIpc) is 2.26. The van der Waals surface area contributed by atoms with Crippen LogP contribution in [0.5, 0.6) is 0 Å². The van der Waals surface area contributed by atoms with Gasteiger partial charge in [0.15, 0.2) is 0 Å². The molecular formula is C10H18BrNO4. The molecule has 5 nitrogen and oxygen atoms in total. The Balaban J connectivity index is 3.57. The highest BCUT2D eigenvalue weighted by Gasteiger charge is 2.11. The summed E-state index contributed by atoms with van der Waals surface area (Å²) in [5.41, 5.74) is 0. The number of rotatable bonds is 7. The molecule has 0 rings (SSSR count). The minimum absolute atomic E-state index is 0.252. The van der Waals surface area contributed by atoms with Crippen LogP contribution in [0.1, 0.15) is 32.6 Å². The van der Waals surface area contributed by atoms with Gasteiger partial charge in [-0.15, -0.1) is 0 Å². The van der Waals surface area contributed by atoms with Gasteiger partial charge in [0, 0.05) is 6.42 Å². The van der Waals surface area contributed by atoms with Crippen LogP contribution in [-0.4, -0.2) is 30.7 Å². The number of carbonyl (C=O) groups is 2. The molecule has 0 fully saturated rings. The third-order valence-corrected chi connectivity index (χ3v) is 2.52. The summed E-state index contributed by atoms with van der Waals surface area (Å²) in [7, 11) is 1.33. The lowest BCUT2D eigenvalue weighted by Gasteiger charge is -2.11. The van der Waals surface area contributed by atoms with Crippen molar-refractivity contribution in [3.05, 3.63) is 0 Å². The van der Waals surface area contributed by atoms with Crippen LogP contribution < -0.4 is 5.32 Å². The molecule has 1 amide bonds. The standard InChI is InChI=1S/C10H18BrNO4/c1-3-4-7-16-10(14)12-8(11)5-6-9(13)15-2/h8H,3-7H2,1-2H3,(H,12,14). The van der Waals surface area contributed by atoms with Crippen LogP contribution in [0.4, 0.5) is 4.79 Å². The van der Waals surface area contributed by atoms with Crippen LogP contribution in [0.2, 0.25) is 0 Å². The fourth-order valence-electron chi connectivity index (χ4n) is 0.898. The number of halogens is 1. The second kappa shape index (κ2) is 9.45. The first-order valence-corrected chi connectivity index (χ1v) is 6.15. The molecule has 0 aromatic carbocycles. The average molecular weight is 296 g/mol. The van der Waals surface area contributed by atoms with E-state index in [1.165, 1.54) is 7.11 Å². The number of unbranched alkanes of at least 4 members (excludes halogenated alkanes) is 1. The Bertz CT molecular complexity index is 223. The van der Waals surface area contributed by atoms with E-state index in [-0.39, 0.29) is 17.3 Å². The Morgan fingerprint density at radius 1 is 1.44 bits per heavy atom. The molecule has 0 heterocycles. The third-order valence-electron chi connectivity index (χ3n) is 1.84. The van der Waals surface area contributed by atoms with Crippen molar-refractivity contribution in [2.75, 3.05) is 13.7 Å². The van der Waals surface area contributed by atoms with E-state index in [9.17, 15) is 9.59 Å². The van der Waals surface area contributed by atoms with E-state index in [2.05, 4.69) is 26.0 Å². The first kappa shape index (κ1) is 15.2. The number of ether oxygens (including phenoxy) is 2. The van der Waals surface area contributed by atoms with Gasteiger partial charge < -0.3 is 14.8 Å². The van der Waals surface area contributed by atoms with E-state index in [0.29, 0.717) is 13.0 Å². The van der Waals surface area contributed by atoms with Gasteiger partial charge in [0.25, 0.3) is 0 Å². The zero-order valence-corrected chi connectivity index (χ0v) is 11.2. The van der Waals surface area contributed by atoms with Gasteiger partial charge in [0.05, 0.1) is 18.7 Å². The highest BCUT2D eigenvalue weighted by atomic mass is 79.9. The fraction of sp³-hybridized carbons (Fsp3) is 0.800. The van der Waals surface area contributed by atoms with Crippen LogP contribution in [0.25, 0.3) is 0 Å². The van der Waals surface area contributed by atoms with Gasteiger partial charge in [-0.25, -0.2) is 4.79 Å². The number of amides is 1. The Kier molecular flexibility index (Phi) is 8.99. The molecule has 0 aromatic rings. The van der Waals surface area contributed by atoms with Crippen LogP contribution in [0, 0.1) is 0 Å². The lowest BCUT2D eigenvalue weighted by molar-refractivity contribution is -0.140. The third kappa shape index (κ3) is 8.52. The van der Waals surface area contributed by atoms with E-state index < -0.39 is 6.09 Å². The van der Waals surface area contributed by atoms with Gasteiger partial charge >= 0.3 is 12.1 Å². The predicted octanol–water partition coefficient (Wildman–Crippen LogP) is 2.19. The number of hydrogen-bond donors (Lipinski definition) is 1. The maximum absolute atomic E-state index is 11.2. The second-order valence-corrected chi connectivity index (χ2v) is 4.32. The van der Waals surface area contributed by atoms with E-state index >= 15 is 0 Å². The van der Waals surface area contributed by atoms with Gasteiger partial charge in [-0.1, -0.05) is 29.3 Å². The zero-order chi connectivity index (χ0) is 12.4. The molecule has 0 spiro atoms. The zero-order valence-electron chi connectivity index (χ0n) is 9.62. The van der Waals surface area contributed by atoms with Crippen molar-refractivity contribution in [3.63, 3.8) is 0 Å². The van der Waals surface area contributed by atoms with Crippen molar-refractivity contribution >= 4 is 28.0 Å². The number of hydrogen-bond acceptors (Lipinski definition) is 4. The summed E-state index contributed by atoms with van der Waals surface area (Å²) in [6, 6.07) is 0. The summed E-state index contributed by atoms with van der Waals surface area (Å²) in [6.45, 7) is 2.43. The number of esters is 1. The molecule has 1 atom stereocenters. The molecule has 16 heavy (non-hydrogen) atoms. The monoisotopic (exact) mass is 295 g/mol. The Morgan fingerprint density at radius 3 is 2.69 bits per heavy atom. The van der Waals surface area contributed by atoms with Crippen molar-refractivity contribution in [3.8, 4) is 0 Å². The Labute approximate surface area is 104 Å². The number of alkyl halides is 1. The van der Waals surface area contributed by atoms with E-state index in [1.807, 2.05) is 6.92 Å². The van der Waals surface area contributed by atoms with Crippen molar-refractivity contribution in [1.29, 1.82) is 0 Å². The molecule has 0 aliphatic carbocycles. The predicted molar refractivity (Wildman–Crippen MR) is 63.4 cm³/mol. The summed E-state index contributed by atoms with van der Waals surface area (Å²) in [6.07, 6.45) is 2.08. The van der Waals surface area contributed by atoms with Crippen molar-refractivity contribution in [1.82, 2.24) is 5.32 Å². The number of methoxy groups -OCH3 is 1. The van der Waals surface area contributed by atoms with Crippen LogP contribution in [-0.2, 0) is 14.3 Å². The van der Waals surface area contributed by atoms with E-state index in [0.717, 1.165) is 12.8 Å².